The summed E-state index contributed by atoms with van der Waals surface area (Å²) in [6.45, 7) is 10.6. The van der Waals surface area contributed by atoms with Gasteiger partial charge in [0.25, 0.3) is 0 Å². The van der Waals surface area contributed by atoms with Crippen molar-refractivity contribution >= 4 is 11.9 Å². The molecule has 3 N–H and O–H groups in total. The Morgan fingerprint density at radius 3 is 2.30 bits per heavy atom. The molecule has 27 heavy (non-hydrogen) atoms. The fourth-order valence-electron chi connectivity index (χ4n) is 3.30. The van der Waals surface area contributed by atoms with Crippen LogP contribution < -0.4 is 16.0 Å². The number of nitrogens with zero attached hydrogens (tertiary/aromatic N) is 1. The van der Waals surface area contributed by atoms with Gasteiger partial charge in [-0.05, 0) is 31.2 Å². The van der Waals surface area contributed by atoms with Crippen LogP contribution in [0.3, 0.4) is 0 Å². The maximum Gasteiger partial charge on any atom is 0.315 e. The van der Waals surface area contributed by atoms with E-state index in [4.69, 9.17) is 5.26 Å². The fourth-order valence-corrected chi connectivity index (χ4v) is 3.30. The van der Waals surface area contributed by atoms with Crippen molar-refractivity contribution in [2.75, 3.05) is 6.54 Å². The van der Waals surface area contributed by atoms with Crippen molar-refractivity contribution in [2.45, 2.75) is 65.5 Å². The molecule has 0 saturated carbocycles. The number of nitriles is 1. The zero-order valence-corrected chi connectivity index (χ0v) is 17.1. The molecule has 0 fully saturated rings. The first kappa shape index (κ1) is 22.5. The Kier molecular flexibility index (Phi) is 8.30. The Labute approximate surface area is 162 Å². The van der Waals surface area contributed by atoms with Gasteiger partial charge in [-0.1, -0.05) is 51.1 Å². The maximum absolute atomic E-state index is 12.5. The summed E-state index contributed by atoms with van der Waals surface area (Å²) < 4.78 is 0. The van der Waals surface area contributed by atoms with E-state index < -0.39 is 11.6 Å². The van der Waals surface area contributed by atoms with Gasteiger partial charge in [-0.2, -0.15) is 5.26 Å². The zero-order valence-electron chi connectivity index (χ0n) is 17.1. The second kappa shape index (κ2) is 9.96. The highest BCUT2D eigenvalue weighted by atomic mass is 16.2. The van der Waals surface area contributed by atoms with Gasteiger partial charge >= 0.3 is 6.03 Å². The first-order chi connectivity index (χ1) is 12.5. The van der Waals surface area contributed by atoms with Gasteiger partial charge in [-0.3, -0.25) is 4.79 Å². The molecule has 0 heterocycles. The number of carbonyl (C=O) groups is 2. The first-order valence-electron chi connectivity index (χ1n) is 9.30. The van der Waals surface area contributed by atoms with Crippen LogP contribution in [-0.2, 0) is 11.2 Å². The summed E-state index contributed by atoms with van der Waals surface area (Å²) in [5.74, 6) is -0.294. The third kappa shape index (κ3) is 9.64. The van der Waals surface area contributed by atoms with Gasteiger partial charge in [-0.25, -0.2) is 4.79 Å². The van der Waals surface area contributed by atoms with Crippen LogP contribution in [0, 0.1) is 16.7 Å². The molecule has 1 rings (SSSR count). The number of amides is 3. The van der Waals surface area contributed by atoms with E-state index in [1.54, 1.807) is 0 Å². The van der Waals surface area contributed by atoms with Crippen LogP contribution in [0.15, 0.2) is 30.3 Å². The minimum Gasteiger partial charge on any atom is -0.353 e. The van der Waals surface area contributed by atoms with E-state index in [1.165, 1.54) is 0 Å². The number of hydrogen-bond donors (Lipinski definition) is 3. The minimum atomic E-state index is -0.712. The average Bonchev–Trinajstić information content (AvgIpc) is 2.52. The predicted molar refractivity (Wildman–Crippen MR) is 107 cm³/mol. The maximum atomic E-state index is 12.5. The van der Waals surface area contributed by atoms with Crippen molar-refractivity contribution in [3.05, 3.63) is 35.9 Å². The van der Waals surface area contributed by atoms with Crippen molar-refractivity contribution in [1.29, 1.82) is 5.26 Å². The smallest absolute Gasteiger partial charge is 0.315 e. The summed E-state index contributed by atoms with van der Waals surface area (Å²) in [7, 11) is 0. The third-order valence-electron chi connectivity index (χ3n) is 3.86. The van der Waals surface area contributed by atoms with Crippen LogP contribution in [0.2, 0.25) is 0 Å². The lowest BCUT2D eigenvalue weighted by Gasteiger charge is -2.33. The molecule has 0 aliphatic carbocycles. The van der Waals surface area contributed by atoms with E-state index >= 15 is 0 Å². The number of nitrogens with one attached hydrogen (secondary N) is 3. The molecule has 0 aliphatic heterocycles. The van der Waals surface area contributed by atoms with Gasteiger partial charge in [0, 0.05) is 18.5 Å². The highest BCUT2D eigenvalue weighted by Gasteiger charge is 2.29. The third-order valence-corrected chi connectivity index (χ3v) is 3.86. The molecule has 1 atom stereocenters. The Balaban J connectivity index is 2.78. The normalized spacial score (nSPS) is 12.6. The quantitative estimate of drug-likeness (QED) is 0.612. The van der Waals surface area contributed by atoms with Gasteiger partial charge in [0.1, 0.15) is 6.04 Å². The Bertz CT molecular complexity index is 657. The summed E-state index contributed by atoms with van der Waals surface area (Å²) in [4.78, 5) is 25.0. The van der Waals surface area contributed by atoms with Gasteiger partial charge in [0.15, 0.2) is 0 Å². The van der Waals surface area contributed by atoms with E-state index in [-0.39, 0.29) is 30.3 Å². The van der Waals surface area contributed by atoms with Crippen LogP contribution in [0.4, 0.5) is 4.79 Å². The molecule has 0 saturated heterocycles. The number of benzene rings is 1. The van der Waals surface area contributed by atoms with Gasteiger partial charge in [0.2, 0.25) is 5.91 Å². The van der Waals surface area contributed by atoms with Gasteiger partial charge in [0.05, 0.1) is 12.5 Å². The van der Waals surface area contributed by atoms with E-state index in [9.17, 15) is 9.59 Å². The molecule has 0 aliphatic rings. The molecule has 0 bridgehead atoms. The molecule has 0 spiro atoms. The van der Waals surface area contributed by atoms with E-state index in [2.05, 4.69) is 36.7 Å². The minimum absolute atomic E-state index is 0.0644. The second-order valence-electron chi connectivity index (χ2n) is 8.66. The van der Waals surface area contributed by atoms with Crippen molar-refractivity contribution in [3.63, 3.8) is 0 Å². The highest BCUT2D eigenvalue weighted by molar-refractivity contribution is 5.87. The summed E-state index contributed by atoms with van der Waals surface area (Å²) in [6, 6.07) is 10.4. The molecular weight excluding hydrogens is 340 g/mol. The van der Waals surface area contributed by atoms with Crippen molar-refractivity contribution < 1.29 is 9.59 Å². The second-order valence-corrected chi connectivity index (χ2v) is 8.66. The van der Waals surface area contributed by atoms with E-state index in [1.807, 2.05) is 50.2 Å². The molecular formula is C21H32N4O2. The molecule has 3 amide bonds. The molecule has 148 valence electrons. The predicted octanol–water partition coefficient (Wildman–Crippen LogP) is 3.14. The summed E-state index contributed by atoms with van der Waals surface area (Å²) in [6.07, 6.45) is 1.41. The van der Waals surface area contributed by atoms with Gasteiger partial charge in [-0.15, -0.1) is 0 Å². The molecule has 6 heteroatoms. The van der Waals surface area contributed by atoms with E-state index in [0.29, 0.717) is 6.42 Å². The molecule has 1 aromatic carbocycles. The Morgan fingerprint density at radius 1 is 1.11 bits per heavy atom. The lowest BCUT2D eigenvalue weighted by Crippen LogP contribution is -2.56. The molecule has 0 radical (unpaired) electrons. The molecule has 1 aromatic rings. The Hall–Kier alpha value is -2.55. The number of hydrogen-bond acceptors (Lipinski definition) is 3. The molecule has 1 unspecified atom stereocenters. The van der Waals surface area contributed by atoms with Crippen LogP contribution in [0.5, 0.6) is 0 Å². The standard InChI is InChI=1S/C21H32N4O2/c1-20(2,3)15-21(4,5)25-19(27)24-17(18(26)23-13-9-12-22)14-16-10-7-6-8-11-16/h6-8,10-11,17H,9,13-15H2,1-5H3,(H,23,26)(H2,24,25,27). The molecule has 0 aromatic heterocycles. The monoisotopic (exact) mass is 372 g/mol. The van der Waals surface area contributed by atoms with Crippen molar-refractivity contribution in [2.24, 2.45) is 5.41 Å². The lowest BCUT2D eigenvalue weighted by molar-refractivity contribution is -0.122. The van der Waals surface area contributed by atoms with Crippen LogP contribution in [-0.4, -0.2) is 30.1 Å². The van der Waals surface area contributed by atoms with Crippen molar-refractivity contribution in [3.8, 4) is 6.07 Å². The topological polar surface area (TPSA) is 94.0 Å². The summed E-state index contributed by atoms with van der Waals surface area (Å²) in [5.41, 5.74) is 0.610. The average molecular weight is 373 g/mol. The fraction of sp³-hybridized carbons (Fsp3) is 0.571. The zero-order chi connectivity index (χ0) is 20.5. The molecule has 6 nitrogen and oxygen atoms in total. The number of rotatable bonds is 8. The first-order valence-corrected chi connectivity index (χ1v) is 9.30. The number of urea groups is 1. The Morgan fingerprint density at radius 2 is 1.74 bits per heavy atom. The van der Waals surface area contributed by atoms with E-state index in [0.717, 1.165) is 12.0 Å². The largest absolute Gasteiger partial charge is 0.353 e. The van der Waals surface area contributed by atoms with Crippen LogP contribution in [0.1, 0.15) is 53.0 Å². The van der Waals surface area contributed by atoms with Crippen LogP contribution >= 0.6 is 0 Å². The summed E-state index contributed by atoms with van der Waals surface area (Å²) >= 11 is 0. The van der Waals surface area contributed by atoms with Crippen LogP contribution in [0.25, 0.3) is 0 Å². The number of carbonyl (C=O) groups excluding carboxylic acids is 2. The SMILES string of the molecule is CC(C)(C)CC(C)(C)NC(=O)NC(Cc1ccccc1)C(=O)NCCC#N. The van der Waals surface area contributed by atoms with Crippen molar-refractivity contribution in [1.82, 2.24) is 16.0 Å². The van der Waals surface area contributed by atoms with Gasteiger partial charge < -0.3 is 16.0 Å². The summed E-state index contributed by atoms with van der Waals surface area (Å²) in [5, 5.41) is 17.1. The lowest BCUT2D eigenvalue weighted by atomic mass is 9.82. The highest BCUT2D eigenvalue weighted by Crippen LogP contribution is 2.26.